The van der Waals surface area contributed by atoms with E-state index in [2.05, 4.69) is 17.3 Å². The molecule has 0 atom stereocenters. The Balaban J connectivity index is 2.54. The standard InChI is InChI=1S/C12H23N3O2S/c1-5-8-15-11(6-7-14-15)9-13-10-12(2,3)18(4,16)17/h6-7,13H,5,8-10H2,1-4H3. The minimum absolute atomic E-state index is 0.434. The monoisotopic (exact) mass is 273 g/mol. The smallest absolute Gasteiger partial charge is 0.153 e. The van der Waals surface area contributed by atoms with Crippen LogP contribution < -0.4 is 5.32 Å². The second kappa shape index (κ2) is 5.84. The molecule has 1 aromatic rings. The van der Waals surface area contributed by atoms with Crippen LogP contribution in [0.3, 0.4) is 0 Å². The van der Waals surface area contributed by atoms with Crippen molar-refractivity contribution in [3.05, 3.63) is 18.0 Å². The molecule has 0 bridgehead atoms. The van der Waals surface area contributed by atoms with Crippen molar-refractivity contribution in [1.82, 2.24) is 15.1 Å². The fourth-order valence-corrected chi connectivity index (χ4v) is 1.91. The number of hydrogen-bond acceptors (Lipinski definition) is 4. The van der Waals surface area contributed by atoms with Gasteiger partial charge in [-0.3, -0.25) is 4.68 Å². The predicted molar refractivity (Wildman–Crippen MR) is 73.1 cm³/mol. The van der Waals surface area contributed by atoms with Gasteiger partial charge >= 0.3 is 0 Å². The van der Waals surface area contributed by atoms with Crippen LogP contribution in [0.25, 0.3) is 0 Å². The van der Waals surface area contributed by atoms with Gasteiger partial charge in [-0.2, -0.15) is 5.10 Å². The molecule has 1 N–H and O–H groups in total. The van der Waals surface area contributed by atoms with Gasteiger partial charge in [0.25, 0.3) is 0 Å². The lowest BCUT2D eigenvalue weighted by Crippen LogP contribution is -2.41. The lowest BCUT2D eigenvalue weighted by atomic mass is 10.2. The third kappa shape index (κ3) is 3.81. The van der Waals surface area contributed by atoms with E-state index in [-0.39, 0.29) is 0 Å². The number of aromatic nitrogens is 2. The van der Waals surface area contributed by atoms with Crippen molar-refractivity contribution in [3.63, 3.8) is 0 Å². The Morgan fingerprint density at radius 2 is 2.11 bits per heavy atom. The molecule has 5 nitrogen and oxygen atoms in total. The largest absolute Gasteiger partial charge is 0.310 e. The third-order valence-electron chi connectivity index (χ3n) is 3.10. The SMILES string of the molecule is CCCn1nccc1CNCC(C)(C)S(C)(=O)=O. The number of sulfone groups is 1. The number of aryl methyl sites for hydroxylation is 1. The summed E-state index contributed by atoms with van der Waals surface area (Å²) in [6.07, 6.45) is 4.08. The molecule has 0 amide bonds. The fraction of sp³-hybridized carbons (Fsp3) is 0.750. The van der Waals surface area contributed by atoms with Gasteiger partial charge in [0.15, 0.2) is 9.84 Å². The summed E-state index contributed by atoms with van der Waals surface area (Å²) < 4.78 is 24.3. The van der Waals surface area contributed by atoms with Gasteiger partial charge < -0.3 is 5.32 Å². The molecule has 0 fully saturated rings. The fourth-order valence-electron chi connectivity index (χ4n) is 1.55. The number of nitrogens with zero attached hydrogens (tertiary/aromatic N) is 2. The third-order valence-corrected chi connectivity index (χ3v) is 5.25. The first-order chi connectivity index (χ1) is 8.28. The van der Waals surface area contributed by atoms with Gasteiger partial charge in [-0.15, -0.1) is 0 Å². The molecule has 0 saturated carbocycles. The minimum Gasteiger partial charge on any atom is -0.310 e. The van der Waals surface area contributed by atoms with Crippen LogP contribution in [0.4, 0.5) is 0 Å². The van der Waals surface area contributed by atoms with Gasteiger partial charge in [-0.1, -0.05) is 6.92 Å². The first kappa shape index (κ1) is 15.2. The van der Waals surface area contributed by atoms with Crippen molar-refractivity contribution in [3.8, 4) is 0 Å². The van der Waals surface area contributed by atoms with Gasteiger partial charge in [-0.05, 0) is 26.3 Å². The molecule has 0 aliphatic heterocycles. The Morgan fingerprint density at radius 1 is 1.44 bits per heavy atom. The summed E-state index contributed by atoms with van der Waals surface area (Å²) in [5.74, 6) is 0. The quantitative estimate of drug-likeness (QED) is 0.811. The zero-order chi connectivity index (χ0) is 13.8. The highest BCUT2D eigenvalue weighted by molar-refractivity contribution is 7.92. The molecule has 0 saturated heterocycles. The molecule has 18 heavy (non-hydrogen) atoms. The second-order valence-corrected chi connectivity index (χ2v) is 7.83. The van der Waals surface area contributed by atoms with Crippen molar-refractivity contribution in [2.45, 2.75) is 45.0 Å². The van der Waals surface area contributed by atoms with Crippen molar-refractivity contribution in [1.29, 1.82) is 0 Å². The molecule has 6 heteroatoms. The summed E-state index contributed by atoms with van der Waals surface area (Å²) >= 11 is 0. The van der Waals surface area contributed by atoms with Crippen LogP contribution in [0.2, 0.25) is 0 Å². The van der Waals surface area contributed by atoms with E-state index in [1.54, 1.807) is 20.0 Å². The van der Waals surface area contributed by atoms with Crippen LogP contribution >= 0.6 is 0 Å². The van der Waals surface area contributed by atoms with E-state index in [1.165, 1.54) is 6.26 Å². The summed E-state index contributed by atoms with van der Waals surface area (Å²) in [6.45, 7) is 7.53. The van der Waals surface area contributed by atoms with Crippen molar-refractivity contribution in [2.24, 2.45) is 0 Å². The summed E-state index contributed by atoms with van der Waals surface area (Å²) in [5, 5.41) is 7.42. The Hall–Kier alpha value is -0.880. The normalized spacial score (nSPS) is 12.9. The zero-order valence-electron chi connectivity index (χ0n) is 11.6. The van der Waals surface area contributed by atoms with Crippen LogP contribution in [0, 0.1) is 0 Å². The lowest BCUT2D eigenvalue weighted by Gasteiger charge is -2.22. The van der Waals surface area contributed by atoms with E-state index in [0.29, 0.717) is 13.1 Å². The van der Waals surface area contributed by atoms with E-state index >= 15 is 0 Å². The van der Waals surface area contributed by atoms with Crippen LogP contribution in [0.15, 0.2) is 12.3 Å². The second-order valence-electron chi connectivity index (χ2n) is 5.18. The molecule has 1 rings (SSSR count). The molecule has 0 aliphatic rings. The summed E-state index contributed by atoms with van der Waals surface area (Å²) in [4.78, 5) is 0. The van der Waals surface area contributed by atoms with Crippen LogP contribution in [0.5, 0.6) is 0 Å². The first-order valence-corrected chi connectivity index (χ1v) is 8.08. The molecule has 104 valence electrons. The molecule has 0 unspecified atom stereocenters. The average molecular weight is 273 g/mol. The maximum atomic E-state index is 11.6. The lowest BCUT2D eigenvalue weighted by molar-refractivity contribution is 0.504. The van der Waals surface area contributed by atoms with Gasteiger partial charge in [0.05, 0.1) is 10.4 Å². The molecule has 0 aliphatic carbocycles. The van der Waals surface area contributed by atoms with Gasteiger partial charge in [-0.25, -0.2) is 8.42 Å². The highest BCUT2D eigenvalue weighted by Crippen LogP contribution is 2.13. The Labute approximate surface area is 109 Å². The molecular formula is C12H23N3O2S. The summed E-state index contributed by atoms with van der Waals surface area (Å²) in [7, 11) is -3.05. The van der Waals surface area contributed by atoms with Gasteiger partial charge in [0, 0.05) is 32.1 Å². The highest BCUT2D eigenvalue weighted by Gasteiger charge is 2.29. The van der Waals surface area contributed by atoms with Crippen molar-refractivity contribution >= 4 is 9.84 Å². The highest BCUT2D eigenvalue weighted by atomic mass is 32.2. The molecule has 0 spiro atoms. The van der Waals surface area contributed by atoms with Crippen molar-refractivity contribution < 1.29 is 8.42 Å². The van der Waals surface area contributed by atoms with E-state index in [1.807, 2.05) is 10.7 Å². The maximum absolute atomic E-state index is 11.6. The van der Waals surface area contributed by atoms with Crippen LogP contribution in [-0.4, -0.2) is 35.7 Å². The number of nitrogens with one attached hydrogen (secondary N) is 1. The summed E-state index contributed by atoms with van der Waals surface area (Å²) in [5.41, 5.74) is 1.08. The number of rotatable bonds is 7. The van der Waals surface area contributed by atoms with Crippen LogP contribution in [0.1, 0.15) is 32.9 Å². The van der Waals surface area contributed by atoms with E-state index in [0.717, 1.165) is 18.7 Å². The Kier molecular flexibility index (Phi) is 4.92. The minimum atomic E-state index is -3.05. The molecule has 1 heterocycles. The van der Waals surface area contributed by atoms with Gasteiger partial charge in [0.1, 0.15) is 0 Å². The molecule has 0 aromatic carbocycles. The van der Waals surface area contributed by atoms with Crippen LogP contribution in [-0.2, 0) is 22.9 Å². The Morgan fingerprint density at radius 3 is 2.67 bits per heavy atom. The maximum Gasteiger partial charge on any atom is 0.153 e. The molecule has 1 aromatic heterocycles. The van der Waals surface area contributed by atoms with E-state index < -0.39 is 14.6 Å². The zero-order valence-corrected chi connectivity index (χ0v) is 12.4. The Bertz CT molecular complexity index is 477. The van der Waals surface area contributed by atoms with Crippen molar-refractivity contribution in [2.75, 3.05) is 12.8 Å². The molecule has 0 radical (unpaired) electrons. The molecular weight excluding hydrogens is 250 g/mol. The predicted octanol–water partition coefficient (Wildman–Crippen LogP) is 1.21. The van der Waals surface area contributed by atoms with Gasteiger partial charge in [0.2, 0.25) is 0 Å². The van der Waals surface area contributed by atoms with E-state index in [9.17, 15) is 8.42 Å². The average Bonchev–Trinajstić information content (AvgIpc) is 2.64. The van der Waals surface area contributed by atoms with E-state index in [4.69, 9.17) is 0 Å². The summed E-state index contributed by atoms with van der Waals surface area (Å²) in [6, 6.07) is 1.95. The topological polar surface area (TPSA) is 64.0 Å². The number of hydrogen-bond donors (Lipinski definition) is 1. The first-order valence-electron chi connectivity index (χ1n) is 6.19.